The van der Waals surface area contributed by atoms with E-state index >= 15 is 0 Å². The smallest absolute Gasteiger partial charge is 0.338 e. The van der Waals surface area contributed by atoms with Crippen LogP contribution in [-0.2, 0) is 11.2 Å². The average molecular weight is 367 g/mol. The van der Waals surface area contributed by atoms with Crippen LogP contribution in [0.1, 0.15) is 72.2 Å². The maximum absolute atomic E-state index is 12.4. The first-order chi connectivity index (χ1) is 13.2. The van der Waals surface area contributed by atoms with Crippen LogP contribution in [0.2, 0.25) is 0 Å². The minimum absolute atomic E-state index is 0.188. The summed E-state index contributed by atoms with van der Waals surface area (Å²) >= 11 is 0. The maximum Gasteiger partial charge on any atom is 0.338 e. The number of anilines is 1. The van der Waals surface area contributed by atoms with Crippen molar-refractivity contribution in [1.29, 1.82) is 0 Å². The summed E-state index contributed by atoms with van der Waals surface area (Å²) in [6.07, 6.45) is 6.42. The molecule has 144 valence electrons. The van der Waals surface area contributed by atoms with Gasteiger partial charge in [0.05, 0.1) is 12.2 Å². The topological polar surface area (TPSA) is 55.4 Å². The first kappa shape index (κ1) is 20.7. The zero-order valence-electron chi connectivity index (χ0n) is 16.3. The molecule has 0 bridgehead atoms. The van der Waals surface area contributed by atoms with Gasteiger partial charge in [0.15, 0.2) is 0 Å². The SMILES string of the molecule is CCCCCCCOC(=O)c1ccc(C(=O)Nc2ccccc2CC)cc1. The number of nitrogens with one attached hydrogen (secondary N) is 1. The van der Waals surface area contributed by atoms with Crippen molar-refractivity contribution in [3.63, 3.8) is 0 Å². The van der Waals surface area contributed by atoms with Crippen LogP contribution in [0.4, 0.5) is 5.69 Å². The van der Waals surface area contributed by atoms with E-state index < -0.39 is 0 Å². The fourth-order valence-electron chi connectivity index (χ4n) is 2.86. The van der Waals surface area contributed by atoms with Crippen LogP contribution < -0.4 is 5.32 Å². The van der Waals surface area contributed by atoms with E-state index in [1.54, 1.807) is 24.3 Å². The first-order valence-electron chi connectivity index (χ1n) is 9.82. The number of aryl methyl sites for hydroxylation is 1. The van der Waals surface area contributed by atoms with Gasteiger partial charge in [-0.3, -0.25) is 4.79 Å². The summed E-state index contributed by atoms with van der Waals surface area (Å²) < 4.78 is 5.30. The van der Waals surface area contributed by atoms with E-state index in [1.807, 2.05) is 24.3 Å². The number of carbonyl (C=O) groups is 2. The van der Waals surface area contributed by atoms with Gasteiger partial charge in [-0.25, -0.2) is 4.79 Å². The minimum Gasteiger partial charge on any atom is -0.462 e. The number of para-hydroxylation sites is 1. The number of amides is 1. The molecule has 2 rings (SSSR count). The van der Waals surface area contributed by atoms with Crippen LogP contribution in [0.15, 0.2) is 48.5 Å². The Morgan fingerprint density at radius 1 is 0.852 bits per heavy atom. The van der Waals surface area contributed by atoms with Gasteiger partial charge >= 0.3 is 5.97 Å². The summed E-state index contributed by atoms with van der Waals surface area (Å²) in [5, 5.41) is 2.93. The van der Waals surface area contributed by atoms with Crippen LogP contribution in [-0.4, -0.2) is 18.5 Å². The minimum atomic E-state index is -0.339. The van der Waals surface area contributed by atoms with Gasteiger partial charge in [-0.05, 0) is 48.7 Å². The highest BCUT2D eigenvalue weighted by atomic mass is 16.5. The van der Waals surface area contributed by atoms with Crippen molar-refractivity contribution >= 4 is 17.6 Å². The van der Waals surface area contributed by atoms with Crippen LogP contribution in [0.25, 0.3) is 0 Å². The number of hydrogen-bond donors (Lipinski definition) is 1. The Morgan fingerprint density at radius 2 is 1.52 bits per heavy atom. The second-order valence-electron chi connectivity index (χ2n) is 6.59. The van der Waals surface area contributed by atoms with Crippen molar-refractivity contribution in [1.82, 2.24) is 0 Å². The third-order valence-corrected chi connectivity index (χ3v) is 4.51. The number of esters is 1. The molecule has 1 N–H and O–H groups in total. The number of benzene rings is 2. The summed E-state index contributed by atoms with van der Waals surface area (Å²) in [4.78, 5) is 24.5. The standard InChI is InChI=1S/C23H29NO3/c1-3-5-6-7-10-17-27-23(26)20-15-13-19(14-16-20)22(25)24-21-12-9-8-11-18(21)4-2/h8-9,11-16H,3-7,10,17H2,1-2H3,(H,24,25). The second-order valence-corrected chi connectivity index (χ2v) is 6.59. The van der Waals surface area contributed by atoms with Crippen molar-refractivity contribution in [3.05, 3.63) is 65.2 Å². The van der Waals surface area contributed by atoms with Gasteiger partial charge in [0.2, 0.25) is 0 Å². The van der Waals surface area contributed by atoms with Gasteiger partial charge in [0.25, 0.3) is 5.91 Å². The molecule has 4 heteroatoms. The van der Waals surface area contributed by atoms with E-state index in [4.69, 9.17) is 4.74 Å². The monoisotopic (exact) mass is 367 g/mol. The molecule has 0 aromatic heterocycles. The molecule has 2 aromatic rings. The predicted molar refractivity (Wildman–Crippen MR) is 109 cm³/mol. The molecule has 0 fully saturated rings. The van der Waals surface area contributed by atoms with E-state index in [-0.39, 0.29) is 11.9 Å². The average Bonchev–Trinajstić information content (AvgIpc) is 2.71. The van der Waals surface area contributed by atoms with Crippen molar-refractivity contribution < 1.29 is 14.3 Å². The van der Waals surface area contributed by atoms with E-state index in [2.05, 4.69) is 19.2 Å². The van der Waals surface area contributed by atoms with Gasteiger partial charge in [0, 0.05) is 11.3 Å². The van der Waals surface area contributed by atoms with Crippen LogP contribution >= 0.6 is 0 Å². The summed E-state index contributed by atoms with van der Waals surface area (Å²) in [7, 11) is 0. The van der Waals surface area contributed by atoms with Crippen molar-refractivity contribution in [2.75, 3.05) is 11.9 Å². The molecule has 1 amide bonds. The molecule has 0 aliphatic heterocycles. The molecule has 0 saturated heterocycles. The lowest BCUT2D eigenvalue weighted by Crippen LogP contribution is -2.13. The summed E-state index contributed by atoms with van der Waals surface area (Å²) in [6, 6.07) is 14.3. The molecule has 0 aliphatic carbocycles. The third kappa shape index (κ3) is 6.55. The van der Waals surface area contributed by atoms with Crippen LogP contribution in [0, 0.1) is 0 Å². The molecule has 0 heterocycles. The fourth-order valence-corrected chi connectivity index (χ4v) is 2.86. The molecule has 0 unspecified atom stereocenters. The Labute approximate surface area is 161 Å². The number of carbonyl (C=O) groups excluding carboxylic acids is 2. The Kier molecular flexibility index (Phi) is 8.56. The van der Waals surface area contributed by atoms with Crippen LogP contribution in [0.5, 0.6) is 0 Å². The normalized spacial score (nSPS) is 10.4. The maximum atomic E-state index is 12.4. The second kappa shape index (κ2) is 11.2. The quantitative estimate of drug-likeness (QED) is 0.437. The fraction of sp³-hybridized carbons (Fsp3) is 0.391. The van der Waals surface area contributed by atoms with Gasteiger partial charge in [-0.15, -0.1) is 0 Å². The molecule has 0 saturated carbocycles. The highest BCUT2D eigenvalue weighted by Crippen LogP contribution is 2.17. The number of unbranched alkanes of at least 4 members (excludes halogenated alkanes) is 4. The Bertz CT molecular complexity index is 738. The number of rotatable bonds is 10. The van der Waals surface area contributed by atoms with Gasteiger partial charge < -0.3 is 10.1 Å². The van der Waals surface area contributed by atoms with E-state index in [9.17, 15) is 9.59 Å². The summed E-state index contributed by atoms with van der Waals surface area (Å²) in [6.45, 7) is 4.67. The van der Waals surface area contributed by atoms with Crippen molar-refractivity contribution in [2.24, 2.45) is 0 Å². The molecule has 4 nitrogen and oxygen atoms in total. The Hall–Kier alpha value is -2.62. The molecule has 0 aliphatic rings. The third-order valence-electron chi connectivity index (χ3n) is 4.51. The molecule has 0 radical (unpaired) electrons. The predicted octanol–water partition coefficient (Wildman–Crippen LogP) is 5.63. The lowest BCUT2D eigenvalue weighted by atomic mass is 10.1. The molecule has 0 atom stereocenters. The van der Waals surface area contributed by atoms with Crippen LogP contribution in [0.3, 0.4) is 0 Å². The van der Waals surface area contributed by atoms with E-state index in [0.29, 0.717) is 17.7 Å². The lowest BCUT2D eigenvalue weighted by molar-refractivity contribution is 0.0497. The highest BCUT2D eigenvalue weighted by molar-refractivity contribution is 6.05. The lowest BCUT2D eigenvalue weighted by Gasteiger charge is -2.10. The van der Waals surface area contributed by atoms with Crippen molar-refractivity contribution in [3.8, 4) is 0 Å². The number of ether oxygens (including phenoxy) is 1. The van der Waals surface area contributed by atoms with Gasteiger partial charge in [-0.2, -0.15) is 0 Å². The molecular weight excluding hydrogens is 338 g/mol. The zero-order chi connectivity index (χ0) is 19.5. The van der Waals surface area contributed by atoms with Gasteiger partial charge in [0.1, 0.15) is 0 Å². The molecule has 2 aromatic carbocycles. The first-order valence-corrected chi connectivity index (χ1v) is 9.82. The molecular formula is C23H29NO3. The van der Waals surface area contributed by atoms with E-state index in [1.165, 1.54) is 19.3 Å². The summed E-state index contributed by atoms with van der Waals surface area (Å²) in [5.74, 6) is -0.527. The number of hydrogen-bond acceptors (Lipinski definition) is 3. The van der Waals surface area contributed by atoms with Crippen molar-refractivity contribution in [2.45, 2.75) is 52.4 Å². The van der Waals surface area contributed by atoms with E-state index in [0.717, 1.165) is 30.5 Å². The highest BCUT2D eigenvalue weighted by Gasteiger charge is 2.11. The summed E-state index contributed by atoms with van der Waals surface area (Å²) in [5.41, 5.74) is 2.88. The Morgan fingerprint density at radius 3 is 2.22 bits per heavy atom. The zero-order valence-corrected chi connectivity index (χ0v) is 16.3. The Balaban J connectivity index is 1.86. The molecule has 27 heavy (non-hydrogen) atoms. The molecule has 0 spiro atoms. The largest absolute Gasteiger partial charge is 0.462 e. The van der Waals surface area contributed by atoms with Gasteiger partial charge in [-0.1, -0.05) is 57.7 Å².